The van der Waals surface area contributed by atoms with Gasteiger partial charge >= 0.3 is 0 Å². The van der Waals surface area contributed by atoms with Crippen LogP contribution in [-0.2, 0) is 22.2 Å². The fourth-order valence-electron chi connectivity index (χ4n) is 5.02. The van der Waals surface area contributed by atoms with Gasteiger partial charge in [0.15, 0.2) is 5.78 Å². The van der Waals surface area contributed by atoms with E-state index in [1.165, 1.54) is 15.8 Å². The predicted octanol–water partition coefficient (Wildman–Crippen LogP) is 4.80. The average Bonchev–Trinajstić information content (AvgIpc) is 3.47. The first kappa shape index (κ1) is 28.7. The third-order valence-electron chi connectivity index (χ3n) is 6.72. The van der Waals surface area contributed by atoms with E-state index in [9.17, 15) is 14.0 Å². The molecule has 1 amide bonds. The van der Waals surface area contributed by atoms with E-state index in [4.69, 9.17) is 0 Å². The van der Waals surface area contributed by atoms with Crippen molar-refractivity contribution in [3.63, 3.8) is 0 Å². The van der Waals surface area contributed by atoms with Crippen molar-refractivity contribution in [2.75, 3.05) is 25.0 Å². The normalized spacial score (nSPS) is 19.3. The van der Waals surface area contributed by atoms with Crippen LogP contribution >= 0.6 is 23.7 Å². The number of carbonyl (C=O) groups excluding carboxylic acids is 2. The van der Waals surface area contributed by atoms with Crippen molar-refractivity contribution < 1.29 is 14.0 Å². The van der Waals surface area contributed by atoms with Crippen molar-refractivity contribution in [1.82, 2.24) is 15.1 Å². The number of nitrogens with one attached hydrogen (secondary N) is 1. The fourth-order valence-corrected chi connectivity index (χ4v) is 5.97. The summed E-state index contributed by atoms with van der Waals surface area (Å²) in [6.45, 7) is 4.74. The number of halogens is 2. The lowest BCUT2D eigenvalue weighted by atomic mass is 9.79. The number of nitrogens with zero attached hydrogens (tertiary/aromatic N) is 4. The number of benzene rings is 1. The molecule has 5 rings (SSSR count). The fraction of sp³-hybridized carbons (Fsp3) is 0.407. The molecule has 1 fully saturated rings. The number of ketones is 1. The molecule has 3 heterocycles. The molecular formula is C27H33ClFN5O2S. The quantitative estimate of drug-likeness (QED) is 0.511. The van der Waals surface area contributed by atoms with Crippen LogP contribution in [0.2, 0.25) is 0 Å². The van der Waals surface area contributed by atoms with Crippen molar-refractivity contribution in [2.24, 2.45) is 12.0 Å². The van der Waals surface area contributed by atoms with Gasteiger partial charge in [0, 0.05) is 31.0 Å². The van der Waals surface area contributed by atoms with Gasteiger partial charge < -0.3 is 5.32 Å². The lowest BCUT2D eigenvalue weighted by Crippen LogP contribution is -2.50. The smallest absolute Gasteiger partial charge is 0.249 e. The summed E-state index contributed by atoms with van der Waals surface area (Å²) in [5, 5.41) is 9.81. The second kappa shape index (κ2) is 12.1. The summed E-state index contributed by atoms with van der Waals surface area (Å²) in [5.41, 5.74) is 1.93. The Morgan fingerprint density at radius 3 is 2.54 bits per heavy atom. The Kier molecular flexibility index (Phi) is 9.39. The molecular weight excluding hydrogens is 513 g/mol. The van der Waals surface area contributed by atoms with Crippen LogP contribution in [0.5, 0.6) is 0 Å². The highest BCUT2D eigenvalue weighted by atomic mass is 35.5. The zero-order valence-electron chi connectivity index (χ0n) is 21.6. The Hall–Kier alpha value is -2.88. The van der Waals surface area contributed by atoms with Gasteiger partial charge in [-0.3, -0.25) is 24.2 Å². The maximum absolute atomic E-state index is 14.1. The molecule has 0 radical (unpaired) electrons. The van der Waals surface area contributed by atoms with E-state index in [1.807, 2.05) is 13.0 Å². The number of aryl methyl sites for hydroxylation is 2. The minimum Gasteiger partial charge on any atom is -0.301 e. The van der Waals surface area contributed by atoms with Gasteiger partial charge in [-0.1, -0.05) is 31.5 Å². The monoisotopic (exact) mass is 545 g/mol. The highest BCUT2D eigenvalue weighted by Crippen LogP contribution is 2.36. The Balaban J connectivity index is 0.000000211. The van der Waals surface area contributed by atoms with Gasteiger partial charge in [-0.05, 0) is 49.9 Å². The molecule has 0 spiro atoms. The zero-order chi connectivity index (χ0) is 25.9. The molecule has 1 atom stereocenters. The second-order valence-electron chi connectivity index (χ2n) is 9.05. The average molecular weight is 546 g/mol. The Bertz CT molecular complexity index is 1290. The van der Waals surface area contributed by atoms with E-state index >= 15 is 0 Å². The van der Waals surface area contributed by atoms with Gasteiger partial charge in [0.05, 0.1) is 17.0 Å². The van der Waals surface area contributed by atoms with Gasteiger partial charge in [-0.15, -0.1) is 23.7 Å². The number of Topliss-reactive ketones (excluding diaryl/α,β-unsaturated/α-hetero) is 1. The molecule has 1 saturated carbocycles. The molecule has 0 saturated heterocycles. The van der Waals surface area contributed by atoms with E-state index < -0.39 is 0 Å². The molecule has 7 nitrogen and oxygen atoms in total. The van der Waals surface area contributed by atoms with Gasteiger partial charge in [0.25, 0.3) is 0 Å². The van der Waals surface area contributed by atoms with Crippen molar-refractivity contribution in [3.05, 3.63) is 69.3 Å². The highest BCUT2D eigenvalue weighted by Gasteiger charge is 2.41. The summed E-state index contributed by atoms with van der Waals surface area (Å²) >= 11 is 1.69. The van der Waals surface area contributed by atoms with E-state index in [-0.39, 0.29) is 36.2 Å². The summed E-state index contributed by atoms with van der Waals surface area (Å²) < 4.78 is 15.8. The van der Waals surface area contributed by atoms with Gasteiger partial charge in [-0.25, -0.2) is 4.39 Å². The molecule has 3 aromatic rings. The summed E-state index contributed by atoms with van der Waals surface area (Å²) in [7, 11) is 3.45. The lowest BCUT2D eigenvalue weighted by molar-refractivity contribution is -0.127. The summed E-state index contributed by atoms with van der Waals surface area (Å²) in [6.07, 6.45) is 3.89. The minimum atomic E-state index is -0.360. The molecule has 37 heavy (non-hydrogen) atoms. The maximum atomic E-state index is 14.1. The second-order valence-corrected chi connectivity index (χ2v) is 10.00. The highest BCUT2D eigenvalue weighted by molar-refractivity contribution is 7.10. The maximum Gasteiger partial charge on any atom is 0.249 e. The minimum absolute atomic E-state index is 0. The molecule has 198 valence electrons. The first-order valence-electron chi connectivity index (χ1n) is 12.2. The van der Waals surface area contributed by atoms with Crippen LogP contribution < -0.4 is 10.2 Å². The van der Waals surface area contributed by atoms with Crippen LogP contribution in [0.15, 0.2) is 46.8 Å². The number of aliphatic imine (C=N–C) groups is 1. The standard InChI is InChI=1S/C15H15FN4O.C12H17NOS.ClH/c1-9-13-14(10-6-4-5-7-11(10)16)17-8-12(21)19(2)15(13)20(3)18-9;1-2-13-12(11-7-5-9-15-11)8-4-3-6-10(12)14;/h4-7H,8H2,1-3H3;5,7,9,13H,2-4,6,8H2,1H3;1H. The number of fused-ring (bicyclic) bond motifs is 1. The van der Waals surface area contributed by atoms with Crippen molar-refractivity contribution in [3.8, 4) is 0 Å². The molecule has 1 unspecified atom stereocenters. The Labute approximate surface area is 227 Å². The van der Waals surface area contributed by atoms with Crippen LogP contribution in [0.4, 0.5) is 10.2 Å². The van der Waals surface area contributed by atoms with E-state index in [0.717, 1.165) is 37.9 Å². The third kappa shape index (κ3) is 5.54. The number of aromatic nitrogens is 2. The SMILES string of the molecule is CCNC1(c2cccs2)CCCCC1=O.Cc1nn(C)c2c1C(c1ccccc1F)=NCC(=O)N2C.Cl. The van der Waals surface area contributed by atoms with Crippen LogP contribution in [0.25, 0.3) is 0 Å². The molecule has 1 N–H and O–H groups in total. The number of amides is 1. The number of hydrogen-bond acceptors (Lipinski definition) is 6. The summed E-state index contributed by atoms with van der Waals surface area (Å²) in [5.74, 6) is 0.503. The molecule has 1 aromatic carbocycles. The largest absolute Gasteiger partial charge is 0.301 e. The zero-order valence-corrected chi connectivity index (χ0v) is 23.2. The number of carbonyl (C=O) groups is 2. The van der Waals surface area contributed by atoms with Crippen molar-refractivity contribution in [2.45, 2.75) is 45.1 Å². The van der Waals surface area contributed by atoms with Crippen molar-refractivity contribution in [1.29, 1.82) is 0 Å². The molecule has 1 aliphatic carbocycles. The van der Waals surface area contributed by atoms with Gasteiger partial charge in [0.2, 0.25) is 5.91 Å². The molecule has 2 aromatic heterocycles. The molecule has 0 bridgehead atoms. The Morgan fingerprint density at radius 2 is 1.89 bits per heavy atom. The third-order valence-corrected chi connectivity index (χ3v) is 7.76. The van der Waals surface area contributed by atoms with Crippen LogP contribution in [0.3, 0.4) is 0 Å². The van der Waals surface area contributed by atoms with E-state index in [2.05, 4.69) is 33.8 Å². The lowest BCUT2D eigenvalue weighted by Gasteiger charge is -2.35. The van der Waals surface area contributed by atoms with Crippen LogP contribution in [0.1, 0.15) is 54.3 Å². The number of hydrogen-bond donors (Lipinski definition) is 1. The molecule has 10 heteroatoms. The molecule has 2 aliphatic rings. The van der Waals surface area contributed by atoms with Gasteiger partial charge in [-0.2, -0.15) is 5.10 Å². The Morgan fingerprint density at radius 1 is 1.14 bits per heavy atom. The number of anilines is 1. The van der Waals surface area contributed by atoms with E-state index in [0.29, 0.717) is 28.4 Å². The topological polar surface area (TPSA) is 79.6 Å². The predicted molar refractivity (Wildman–Crippen MR) is 149 cm³/mol. The molecule has 1 aliphatic heterocycles. The van der Waals surface area contributed by atoms with E-state index in [1.54, 1.807) is 48.3 Å². The first-order chi connectivity index (χ1) is 17.3. The van der Waals surface area contributed by atoms with Crippen LogP contribution in [0, 0.1) is 12.7 Å². The summed E-state index contributed by atoms with van der Waals surface area (Å²) in [4.78, 5) is 31.3. The number of thiophene rings is 1. The first-order valence-corrected chi connectivity index (χ1v) is 13.1. The van der Waals surface area contributed by atoms with Crippen molar-refractivity contribution >= 4 is 47.0 Å². The summed E-state index contributed by atoms with van der Waals surface area (Å²) in [6, 6.07) is 10.5. The van der Waals surface area contributed by atoms with Crippen LogP contribution in [-0.4, -0.2) is 47.3 Å². The van der Waals surface area contributed by atoms with Gasteiger partial charge in [0.1, 0.15) is 23.7 Å². The number of rotatable bonds is 4. The number of likely N-dealkylation sites (N-methyl/N-ethyl adjacent to an activating group) is 2.